The quantitative estimate of drug-likeness (QED) is 0.498. The lowest BCUT2D eigenvalue weighted by Crippen LogP contribution is -2.15. The van der Waals surface area contributed by atoms with E-state index in [1.54, 1.807) is 4.90 Å². The molecule has 12 heavy (non-hydrogen) atoms. The van der Waals surface area contributed by atoms with E-state index in [0.717, 1.165) is 12.0 Å². The summed E-state index contributed by atoms with van der Waals surface area (Å²) >= 11 is 0. The molecule has 0 aliphatic carbocycles. The Labute approximate surface area is 72.1 Å². The van der Waals surface area contributed by atoms with Gasteiger partial charge in [0, 0.05) is 12.7 Å². The average molecular weight is 161 g/mol. The molecular weight excluding hydrogens is 150 g/mol. The summed E-state index contributed by atoms with van der Waals surface area (Å²) < 4.78 is 0. The van der Waals surface area contributed by atoms with Crippen LogP contribution in [-0.4, -0.2) is 13.3 Å². The number of hydrogen-bond acceptors (Lipinski definition) is 2. The van der Waals surface area contributed by atoms with E-state index in [0.29, 0.717) is 5.70 Å². The molecule has 0 radical (unpaired) electrons. The molecule has 0 spiro atoms. The van der Waals surface area contributed by atoms with Crippen LogP contribution in [-0.2, 0) is 4.79 Å². The molecule has 1 aromatic rings. The number of hydrogen-bond donors (Lipinski definition) is 0. The highest BCUT2D eigenvalue weighted by molar-refractivity contribution is 5.78. The standard InChI is InChI=1S/C10H11NO/c1-9(8-12)11(2)10-6-4-3-5-7-10/h3-8H,1H2,2H3. The van der Waals surface area contributed by atoms with Crippen molar-refractivity contribution in [3.63, 3.8) is 0 Å². The number of likely N-dealkylation sites (N-methyl/N-ethyl adjacent to an activating group) is 1. The summed E-state index contributed by atoms with van der Waals surface area (Å²) in [6.07, 6.45) is 0.743. The van der Waals surface area contributed by atoms with E-state index >= 15 is 0 Å². The van der Waals surface area contributed by atoms with E-state index in [9.17, 15) is 4.79 Å². The SMILES string of the molecule is C=C(C=O)N(C)c1ccccc1. The summed E-state index contributed by atoms with van der Waals surface area (Å²) in [5.41, 5.74) is 1.43. The third kappa shape index (κ3) is 1.72. The Morgan fingerprint density at radius 3 is 2.50 bits per heavy atom. The van der Waals surface area contributed by atoms with Crippen LogP contribution in [0.2, 0.25) is 0 Å². The molecule has 0 saturated heterocycles. The lowest BCUT2D eigenvalue weighted by Gasteiger charge is -2.17. The number of aldehydes is 1. The van der Waals surface area contributed by atoms with Gasteiger partial charge in [0.1, 0.15) is 0 Å². The van der Waals surface area contributed by atoms with E-state index in [4.69, 9.17) is 0 Å². The zero-order valence-electron chi connectivity index (χ0n) is 7.03. The fourth-order valence-corrected chi connectivity index (χ4v) is 0.896. The molecule has 2 nitrogen and oxygen atoms in total. The molecule has 0 aliphatic heterocycles. The van der Waals surface area contributed by atoms with Crippen molar-refractivity contribution in [2.45, 2.75) is 0 Å². The molecule has 0 saturated carbocycles. The van der Waals surface area contributed by atoms with Crippen molar-refractivity contribution in [1.82, 2.24) is 0 Å². The first kappa shape index (κ1) is 8.53. The van der Waals surface area contributed by atoms with Crippen molar-refractivity contribution in [1.29, 1.82) is 0 Å². The van der Waals surface area contributed by atoms with Gasteiger partial charge in [0.05, 0.1) is 5.70 Å². The highest BCUT2D eigenvalue weighted by Crippen LogP contribution is 2.13. The van der Waals surface area contributed by atoms with Crippen LogP contribution in [0.1, 0.15) is 0 Å². The van der Waals surface area contributed by atoms with Gasteiger partial charge >= 0.3 is 0 Å². The molecule has 0 aromatic heterocycles. The van der Waals surface area contributed by atoms with Gasteiger partial charge in [-0.2, -0.15) is 0 Å². The van der Waals surface area contributed by atoms with Gasteiger partial charge in [-0.15, -0.1) is 0 Å². The first-order chi connectivity index (χ1) is 5.75. The third-order valence-corrected chi connectivity index (χ3v) is 1.71. The highest BCUT2D eigenvalue weighted by atomic mass is 16.1. The summed E-state index contributed by atoms with van der Waals surface area (Å²) in [6.45, 7) is 3.61. The number of benzene rings is 1. The first-order valence-corrected chi connectivity index (χ1v) is 3.68. The van der Waals surface area contributed by atoms with Crippen LogP contribution in [0.15, 0.2) is 42.6 Å². The molecule has 0 bridgehead atoms. The van der Waals surface area contributed by atoms with Crippen LogP contribution in [0, 0.1) is 0 Å². The van der Waals surface area contributed by atoms with E-state index in [-0.39, 0.29) is 0 Å². The Hall–Kier alpha value is -1.57. The molecule has 1 aromatic carbocycles. The van der Waals surface area contributed by atoms with Crippen LogP contribution >= 0.6 is 0 Å². The monoisotopic (exact) mass is 161 g/mol. The maximum absolute atomic E-state index is 10.4. The second-order valence-electron chi connectivity index (χ2n) is 2.50. The lowest BCUT2D eigenvalue weighted by molar-refractivity contribution is -0.104. The Morgan fingerprint density at radius 2 is 2.00 bits per heavy atom. The minimum absolute atomic E-state index is 0.459. The topological polar surface area (TPSA) is 20.3 Å². The minimum Gasteiger partial charge on any atom is -0.342 e. The van der Waals surface area contributed by atoms with Crippen LogP contribution < -0.4 is 4.90 Å². The van der Waals surface area contributed by atoms with Crippen LogP contribution in [0.4, 0.5) is 5.69 Å². The lowest BCUT2D eigenvalue weighted by atomic mass is 10.3. The Morgan fingerprint density at radius 1 is 1.42 bits per heavy atom. The summed E-state index contributed by atoms with van der Waals surface area (Å²) in [6, 6.07) is 9.62. The van der Waals surface area contributed by atoms with Crippen molar-refractivity contribution in [3.8, 4) is 0 Å². The van der Waals surface area contributed by atoms with E-state index in [1.807, 2.05) is 37.4 Å². The van der Waals surface area contributed by atoms with Gasteiger partial charge in [0.25, 0.3) is 0 Å². The van der Waals surface area contributed by atoms with Crippen LogP contribution in [0.5, 0.6) is 0 Å². The Bertz CT molecular complexity index is 279. The molecule has 62 valence electrons. The molecule has 0 amide bonds. The van der Waals surface area contributed by atoms with Gasteiger partial charge < -0.3 is 4.90 Å². The van der Waals surface area contributed by atoms with Crippen LogP contribution in [0.3, 0.4) is 0 Å². The number of allylic oxidation sites excluding steroid dienone is 1. The van der Waals surface area contributed by atoms with Crippen LogP contribution in [0.25, 0.3) is 0 Å². The molecule has 0 aliphatic rings. The highest BCUT2D eigenvalue weighted by Gasteiger charge is 2.01. The van der Waals surface area contributed by atoms with Gasteiger partial charge in [-0.05, 0) is 12.1 Å². The van der Waals surface area contributed by atoms with Gasteiger partial charge in [0.15, 0.2) is 6.29 Å². The fraction of sp³-hybridized carbons (Fsp3) is 0.100. The van der Waals surface area contributed by atoms with E-state index < -0.39 is 0 Å². The molecule has 0 fully saturated rings. The number of para-hydroxylation sites is 1. The predicted molar refractivity (Wildman–Crippen MR) is 50.0 cm³/mol. The van der Waals surface area contributed by atoms with E-state index in [2.05, 4.69) is 6.58 Å². The molecule has 0 heterocycles. The second-order valence-corrected chi connectivity index (χ2v) is 2.50. The maximum atomic E-state index is 10.4. The van der Waals surface area contributed by atoms with Crippen molar-refractivity contribution in [2.24, 2.45) is 0 Å². The van der Waals surface area contributed by atoms with Gasteiger partial charge in [-0.1, -0.05) is 24.8 Å². The number of rotatable bonds is 3. The van der Waals surface area contributed by atoms with Crippen molar-refractivity contribution in [2.75, 3.05) is 11.9 Å². The normalized spacial score (nSPS) is 9.08. The maximum Gasteiger partial charge on any atom is 0.165 e. The van der Waals surface area contributed by atoms with Gasteiger partial charge in [-0.25, -0.2) is 0 Å². The molecular formula is C10H11NO. The number of nitrogens with zero attached hydrogens (tertiary/aromatic N) is 1. The van der Waals surface area contributed by atoms with Crippen molar-refractivity contribution < 1.29 is 4.79 Å². The van der Waals surface area contributed by atoms with E-state index in [1.165, 1.54) is 0 Å². The minimum atomic E-state index is 0.459. The molecule has 1 rings (SSSR count). The van der Waals surface area contributed by atoms with Gasteiger partial charge in [0.2, 0.25) is 0 Å². The molecule has 2 heteroatoms. The largest absolute Gasteiger partial charge is 0.342 e. The van der Waals surface area contributed by atoms with Crippen molar-refractivity contribution in [3.05, 3.63) is 42.6 Å². The number of carbonyl (C=O) groups is 1. The molecule has 0 atom stereocenters. The smallest absolute Gasteiger partial charge is 0.165 e. The summed E-state index contributed by atoms with van der Waals surface area (Å²) in [5, 5.41) is 0. The summed E-state index contributed by atoms with van der Waals surface area (Å²) in [4.78, 5) is 12.1. The second kappa shape index (κ2) is 3.72. The molecule has 0 N–H and O–H groups in total. The summed E-state index contributed by atoms with van der Waals surface area (Å²) in [7, 11) is 1.81. The molecule has 0 unspecified atom stereocenters. The Balaban J connectivity index is 2.85. The zero-order valence-corrected chi connectivity index (χ0v) is 7.03. The number of carbonyl (C=O) groups excluding carboxylic acids is 1. The number of anilines is 1. The predicted octanol–water partition coefficient (Wildman–Crippen LogP) is 1.84. The first-order valence-electron chi connectivity index (χ1n) is 3.68. The average Bonchev–Trinajstić information content (AvgIpc) is 2.17. The van der Waals surface area contributed by atoms with Crippen molar-refractivity contribution >= 4 is 12.0 Å². The Kier molecular flexibility index (Phi) is 2.64. The third-order valence-electron chi connectivity index (χ3n) is 1.71. The zero-order chi connectivity index (χ0) is 8.97. The van der Waals surface area contributed by atoms with Gasteiger partial charge in [-0.3, -0.25) is 4.79 Å². The summed E-state index contributed by atoms with van der Waals surface area (Å²) in [5.74, 6) is 0. The fourth-order valence-electron chi connectivity index (χ4n) is 0.896.